The van der Waals surface area contributed by atoms with Gasteiger partial charge in [0.1, 0.15) is 17.7 Å². The fourth-order valence-corrected chi connectivity index (χ4v) is 5.74. The highest BCUT2D eigenvalue weighted by Gasteiger charge is 2.38. The summed E-state index contributed by atoms with van der Waals surface area (Å²) in [5, 5.41) is 11.8. The SMILES string of the molecule is C[C@@H]1C[C@H](N)C[C@H](c2ccncc2NC(=O)C2=CC=C(F)C3C=C(N4CCOC[C@H]4C)N=NC23)C1. The molecule has 5 rings (SSSR count). The van der Waals surface area contributed by atoms with Crippen molar-refractivity contribution >= 4 is 11.6 Å². The van der Waals surface area contributed by atoms with Crippen LogP contribution in [0.5, 0.6) is 0 Å². The number of azo groups is 1. The first-order chi connectivity index (χ1) is 16.9. The highest BCUT2D eigenvalue weighted by Crippen LogP contribution is 2.40. The van der Waals surface area contributed by atoms with Crippen LogP contribution in [-0.4, -0.2) is 53.7 Å². The van der Waals surface area contributed by atoms with E-state index in [1.165, 1.54) is 12.2 Å². The molecule has 2 unspecified atom stereocenters. The van der Waals surface area contributed by atoms with Crippen LogP contribution in [0.1, 0.15) is 44.6 Å². The van der Waals surface area contributed by atoms with Crippen molar-refractivity contribution in [2.45, 2.75) is 57.2 Å². The van der Waals surface area contributed by atoms with Crippen molar-refractivity contribution in [2.24, 2.45) is 27.8 Å². The number of allylic oxidation sites excluding steroid dienone is 2. The summed E-state index contributed by atoms with van der Waals surface area (Å²) in [4.78, 5) is 19.7. The van der Waals surface area contributed by atoms with E-state index in [1.54, 1.807) is 18.5 Å². The molecule has 0 aromatic carbocycles. The van der Waals surface area contributed by atoms with Crippen molar-refractivity contribution in [3.8, 4) is 0 Å². The van der Waals surface area contributed by atoms with Crippen LogP contribution in [0.25, 0.3) is 0 Å². The van der Waals surface area contributed by atoms with E-state index < -0.39 is 12.0 Å². The molecule has 2 aliphatic carbocycles. The lowest BCUT2D eigenvalue weighted by atomic mass is 9.76. The highest BCUT2D eigenvalue weighted by atomic mass is 19.1. The molecule has 4 aliphatic rings. The molecule has 9 heteroatoms. The number of morpholine rings is 1. The molecule has 1 aromatic rings. The number of nitrogens with zero attached hydrogens (tertiary/aromatic N) is 4. The van der Waals surface area contributed by atoms with E-state index in [0.717, 1.165) is 24.8 Å². The number of nitrogens with one attached hydrogen (secondary N) is 1. The predicted molar refractivity (Wildman–Crippen MR) is 131 cm³/mol. The number of anilines is 1. The van der Waals surface area contributed by atoms with Crippen molar-refractivity contribution in [2.75, 3.05) is 25.1 Å². The minimum Gasteiger partial charge on any atom is -0.377 e. The van der Waals surface area contributed by atoms with Crippen molar-refractivity contribution < 1.29 is 13.9 Å². The average molecular weight is 481 g/mol. The van der Waals surface area contributed by atoms with E-state index >= 15 is 0 Å². The molecule has 2 aliphatic heterocycles. The van der Waals surface area contributed by atoms with Gasteiger partial charge in [0.15, 0.2) is 0 Å². The Labute approximate surface area is 205 Å². The summed E-state index contributed by atoms with van der Waals surface area (Å²) >= 11 is 0. The van der Waals surface area contributed by atoms with Crippen LogP contribution in [-0.2, 0) is 9.53 Å². The molecule has 35 heavy (non-hydrogen) atoms. The molecular weight excluding hydrogens is 447 g/mol. The smallest absolute Gasteiger partial charge is 0.253 e. The second-order valence-electron chi connectivity index (χ2n) is 10.2. The van der Waals surface area contributed by atoms with Crippen molar-refractivity contribution in [3.63, 3.8) is 0 Å². The molecule has 2 fully saturated rings. The van der Waals surface area contributed by atoms with Gasteiger partial charge in [-0.25, -0.2) is 4.39 Å². The molecule has 3 N–H and O–H groups in total. The number of halogens is 1. The minimum atomic E-state index is -0.705. The van der Waals surface area contributed by atoms with Crippen molar-refractivity contribution in [1.29, 1.82) is 0 Å². The van der Waals surface area contributed by atoms with Gasteiger partial charge in [-0.2, -0.15) is 5.11 Å². The minimum absolute atomic E-state index is 0.124. The van der Waals surface area contributed by atoms with Gasteiger partial charge in [-0.05, 0) is 67.9 Å². The zero-order chi connectivity index (χ0) is 24.5. The van der Waals surface area contributed by atoms with Gasteiger partial charge < -0.3 is 20.7 Å². The lowest BCUT2D eigenvalue weighted by molar-refractivity contribution is -0.113. The van der Waals surface area contributed by atoms with Crippen LogP contribution >= 0.6 is 0 Å². The Morgan fingerprint density at radius 1 is 1.26 bits per heavy atom. The van der Waals surface area contributed by atoms with Crippen LogP contribution in [0, 0.1) is 11.8 Å². The third-order valence-corrected chi connectivity index (χ3v) is 7.46. The number of carbonyl (C=O) groups excluding carboxylic acids is 1. The number of aromatic nitrogens is 1. The zero-order valence-corrected chi connectivity index (χ0v) is 20.2. The van der Waals surface area contributed by atoms with E-state index in [1.807, 2.05) is 13.0 Å². The van der Waals surface area contributed by atoms with Crippen LogP contribution in [0.15, 0.2) is 64.1 Å². The quantitative estimate of drug-likeness (QED) is 0.676. The third kappa shape index (κ3) is 4.92. The molecular formula is C26H33FN6O2. The average Bonchev–Trinajstić information content (AvgIpc) is 2.84. The predicted octanol–water partition coefficient (Wildman–Crippen LogP) is 4.06. The van der Waals surface area contributed by atoms with E-state index in [0.29, 0.717) is 42.8 Å². The topological polar surface area (TPSA) is 105 Å². The monoisotopic (exact) mass is 480 g/mol. The first-order valence-corrected chi connectivity index (χ1v) is 12.5. The maximum Gasteiger partial charge on any atom is 0.253 e. The van der Waals surface area contributed by atoms with Crippen LogP contribution in [0.3, 0.4) is 0 Å². The number of amides is 1. The maximum atomic E-state index is 14.9. The normalized spacial score (nSPS) is 32.8. The molecule has 6 atom stereocenters. The second-order valence-corrected chi connectivity index (χ2v) is 10.2. The summed E-state index contributed by atoms with van der Waals surface area (Å²) in [5.41, 5.74) is 8.38. The van der Waals surface area contributed by atoms with Gasteiger partial charge in [0, 0.05) is 24.4 Å². The third-order valence-electron chi connectivity index (χ3n) is 7.46. The Hall–Kier alpha value is -2.91. The van der Waals surface area contributed by atoms with E-state index in [4.69, 9.17) is 10.5 Å². The summed E-state index contributed by atoms with van der Waals surface area (Å²) < 4.78 is 20.4. The summed E-state index contributed by atoms with van der Waals surface area (Å²) in [7, 11) is 0. The molecule has 186 valence electrons. The van der Waals surface area contributed by atoms with Gasteiger partial charge >= 0.3 is 0 Å². The number of ether oxygens (including phenoxy) is 1. The molecule has 1 amide bonds. The summed E-state index contributed by atoms with van der Waals surface area (Å²) in [5.74, 6) is 0.108. The van der Waals surface area contributed by atoms with Gasteiger partial charge in [-0.3, -0.25) is 9.78 Å². The van der Waals surface area contributed by atoms with Gasteiger partial charge in [-0.1, -0.05) is 6.92 Å². The molecule has 1 saturated carbocycles. The van der Waals surface area contributed by atoms with Gasteiger partial charge in [0.2, 0.25) is 0 Å². The molecule has 0 spiro atoms. The lowest BCUT2D eigenvalue weighted by Gasteiger charge is -2.37. The van der Waals surface area contributed by atoms with Crippen LogP contribution < -0.4 is 11.1 Å². The van der Waals surface area contributed by atoms with E-state index in [2.05, 4.69) is 32.4 Å². The number of carbonyl (C=O) groups is 1. The van der Waals surface area contributed by atoms with Gasteiger partial charge in [-0.15, -0.1) is 5.11 Å². The molecule has 1 aromatic heterocycles. The number of hydrogen-bond donors (Lipinski definition) is 2. The Morgan fingerprint density at radius 2 is 2.11 bits per heavy atom. The van der Waals surface area contributed by atoms with E-state index in [-0.39, 0.29) is 29.7 Å². The first-order valence-electron chi connectivity index (χ1n) is 12.5. The van der Waals surface area contributed by atoms with Gasteiger partial charge in [0.05, 0.1) is 37.1 Å². The maximum absolute atomic E-state index is 14.9. The number of hydrogen-bond acceptors (Lipinski definition) is 7. The lowest BCUT2D eigenvalue weighted by Crippen LogP contribution is -2.43. The van der Waals surface area contributed by atoms with Crippen LogP contribution in [0.2, 0.25) is 0 Å². The zero-order valence-electron chi connectivity index (χ0n) is 20.2. The summed E-state index contributed by atoms with van der Waals surface area (Å²) in [6.45, 7) is 6.11. The summed E-state index contributed by atoms with van der Waals surface area (Å²) in [6.07, 6.45) is 11.0. The number of pyridine rings is 1. The highest BCUT2D eigenvalue weighted by molar-refractivity contribution is 6.05. The Balaban J connectivity index is 1.35. The Kier molecular flexibility index (Phi) is 6.80. The van der Waals surface area contributed by atoms with Crippen LogP contribution in [0.4, 0.5) is 10.1 Å². The van der Waals surface area contributed by atoms with Crippen molar-refractivity contribution in [3.05, 3.63) is 59.5 Å². The largest absolute Gasteiger partial charge is 0.377 e. The molecule has 1 saturated heterocycles. The number of rotatable bonds is 4. The fraction of sp³-hybridized carbons (Fsp3) is 0.538. The van der Waals surface area contributed by atoms with Crippen molar-refractivity contribution in [1.82, 2.24) is 9.88 Å². The molecule has 0 radical (unpaired) electrons. The molecule has 3 heterocycles. The van der Waals surface area contributed by atoms with E-state index in [9.17, 15) is 9.18 Å². The first kappa shape index (κ1) is 23.8. The van der Waals surface area contributed by atoms with Gasteiger partial charge in [0.25, 0.3) is 5.91 Å². The molecule has 0 bridgehead atoms. The second kappa shape index (κ2) is 9.99. The Morgan fingerprint density at radius 3 is 2.91 bits per heavy atom. The summed E-state index contributed by atoms with van der Waals surface area (Å²) in [6, 6.07) is 1.53. The number of fused-ring (bicyclic) bond motifs is 1. The Bertz CT molecular complexity index is 1090. The fourth-order valence-electron chi connectivity index (χ4n) is 5.74. The molecule has 8 nitrogen and oxygen atoms in total. The standard InChI is InChI=1S/C26H33FN6O2/c1-15-9-17(11-18(28)10-15)19-5-6-29-13-23(19)30-26(34)20-3-4-22(27)21-12-24(31-32-25(20)21)33-7-8-35-14-16(33)2/h3-6,12-13,15-18,21,25H,7-11,14,28H2,1-2H3,(H,30,34)/t15-,16+,17+,18-,21?,25?/m0/s1. The number of nitrogens with two attached hydrogens (primary N) is 1.